The average molecular weight is 347 g/mol. The van der Waals surface area contributed by atoms with Gasteiger partial charge in [0.1, 0.15) is 5.75 Å². The molecule has 130 valence electrons. The van der Waals surface area contributed by atoms with Crippen LogP contribution in [0.1, 0.15) is 35.5 Å². The highest BCUT2D eigenvalue weighted by molar-refractivity contribution is 7.09. The zero-order valence-corrected chi connectivity index (χ0v) is 15.7. The summed E-state index contributed by atoms with van der Waals surface area (Å²) in [7, 11) is 0. The highest BCUT2D eigenvalue weighted by atomic mass is 32.1. The van der Waals surface area contributed by atoms with Crippen LogP contribution >= 0.6 is 11.3 Å². The second kappa shape index (κ2) is 9.27. The number of aryl methyl sites for hydroxylation is 2. The normalized spacial score (nSPS) is 11.4. The lowest BCUT2D eigenvalue weighted by molar-refractivity contribution is 0.336. The number of guanidine groups is 1. The Morgan fingerprint density at radius 3 is 2.75 bits per heavy atom. The van der Waals surface area contributed by atoms with Gasteiger partial charge in [-0.1, -0.05) is 12.1 Å². The van der Waals surface area contributed by atoms with Gasteiger partial charge in [0, 0.05) is 17.0 Å². The smallest absolute Gasteiger partial charge is 0.191 e. The Labute approximate surface area is 148 Å². The Bertz CT molecular complexity index is 681. The van der Waals surface area contributed by atoms with E-state index in [4.69, 9.17) is 4.74 Å². The molecule has 1 aromatic carbocycles. The quantitative estimate of drug-likeness (QED) is 0.596. The van der Waals surface area contributed by atoms with Crippen molar-refractivity contribution in [2.24, 2.45) is 4.99 Å². The summed E-state index contributed by atoms with van der Waals surface area (Å²) >= 11 is 1.66. The lowest BCUT2D eigenvalue weighted by Gasteiger charge is -2.13. The molecule has 0 aliphatic rings. The first-order chi connectivity index (χ1) is 11.6. The van der Waals surface area contributed by atoms with Crippen LogP contribution in [0.25, 0.3) is 0 Å². The molecule has 0 saturated heterocycles. The molecule has 5 nitrogen and oxygen atoms in total. The standard InChI is InChI=1S/C18H26N4OS/c1-5-19-18(21-11-17-14(4)22-12-24-17)20-10-15-8-7-13(3)9-16(15)23-6-2/h7-9,12H,5-6,10-11H2,1-4H3,(H2,19,20,21). The monoisotopic (exact) mass is 346 g/mol. The van der Waals surface area contributed by atoms with Crippen molar-refractivity contribution in [1.29, 1.82) is 0 Å². The highest BCUT2D eigenvalue weighted by Crippen LogP contribution is 2.21. The highest BCUT2D eigenvalue weighted by Gasteiger charge is 2.06. The molecule has 0 radical (unpaired) electrons. The van der Waals surface area contributed by atoms with Crippen molar-refractivity contribution in [2.45, 2.75) is 40.8 Å². The number of benzene rings is 1. The molecule has 24 heavy (non-hydrogen) atoms. The fourth-order valence-corrected chi connectivity index (χ4v) is 2.96. The molecule has 0 atom stereocenters. The number of ether oxygens (including phenoxy) is 1. The molecular formula is C18H26N4OS. The van der Waals surface area contributed by atoms with E-state index < -0.39 is 0 Å². The molecule has 6 heteroatoms. The molecule has 1 aromatic heterocycles. The molecular weight excluding hydrogens is 320 g/mol. The number of thiazole rings is 1. The van der Waals surface area contributed by atoms with E-state index in [2.05, 4.69) is 52.7 Å². The van der Waals surface area contributed by atoms with Gasteiger partial charge in [-0.25, -0.2) is 9.98 Å². The SMILES string of the molecule is CCNC(=NCc1ccc(C)cc1OCC)NCc1scnc1C. The molecule has 1 heterocycles. The van der Waals surface area contributed by atoms with E-state index in [-0.39, 0.29) is 0 Å². The minimum absolute atomic E-state index is 0.576. The van der Waals surface area contributed by atoms with Crippen molar-refractivity contribution in [3.63, 3.8) is 0 Å². The Morgan fingerprint density at radius 1 is 1.25 bits per heavy atom. The van der Waals surface area contributed by atoms with Gasteiger partial charge in [0.2, 0.25) is 0 Å². The van der Waals surface area contributed by atoms with Crippen LogP contribution in [0, 0.1) is 13.8 Å². The maximum atomic E-state index is 5.73. The lowest BCUT2D eigenvalue weighted by atomic mass is 10.1. The molecule has 2 aromatic rings. The summed E-state index contributed by atoms with van der Waals surface area (Å²) in [6.07, 6.45) is 0. The van der Waals surface area contributed by atoms with Gasteiger partial charge in [0.25, 0.3) is 0 Å². The van der Waals surface area contributed by atoms with Crippen molar-refractivity contribution in [3.05, 3.63) is 45.4 Å². The zero-order chi connectivity index (χ0) is 17.4. The minimum atomic E-state index is 0.576. The van der Waals surface area contributed by atoms with Crippen molar-refractivity contribution in [3.8, 4) is 5.75 Å². The van der Waals surface area contributed by atoms with Gasteiger partial charge in [0.05, 0.1) is 30.9 Å². The number of aliphatic imine (C=N–C) groups is 1. The zero-order valence-electron chi connectivity index (χ0n) is 14.8. The van der Waals surface area contributed by atoms with Gasteiger partial charge in [-0.05, 0) is 39.3 Å². The fourth-order valence-electron chi connectivity index (χ4n) is 2.25. The van der Waals surface area contributed by atoms with E-state index in [1.165, 1.54) is 10.4 Å². The first kappa shape index (κ1) is 18.3. The Morgan fingerprint density at radius 2 is 2.08 bits per heavy atom. The van der Waals surface area contributed by atoms with Crippen LogP contribution in [-0.4, -0.2) is 24.1 Å². The number of hydrogen-bond acceptors (Lipinski definition) is 4. The molecule has 2 rings (SSSR count). The van der Waals surface area contributed by atoms with Crippen LogP contribution in [0.4, 0.5) is 0 Å². The van der Waals surface area contributed by atoms with Crippen LogP contribution in [-0.2, 0) is 13.1 Å². The maximum Gasteiger partial charge on any atom is 0.191 e. The predicted octanol–water partition coefficient (Wildman–Crippen LogP) is 3.41. The molecule has 0 saturated carbocycles. The molecule has 0 aliphatic carbocycles. The summed E-state index contributed by atoms with van der Waals surface area (Å²) in [5.74, 6) is 1.71. The van der Waals surface area contributed by atoms with Crippen LogP contribution < -0.4 is 15.4 Å². The summed E-state index contributed by atoms with van der Waals surface area (Å²) in [5, 5.41) is 6.65. The van der Waals surface area contributed by atoms with Gasteiger partial charge >= 0.3 is 0 Å². The van der Waals surface area contributed by atoms with E-state index in [1.54, 1.807) is 11.3 Å². The number of hydrogen-bond donors (Lipinski definition) is 2. The first-order valence-corrected chi connectivity index (χ1v) is 9.15. The molecule has 0 amide bonds. The van der Waals surface area contributed by atoms with Crippen molar-refractivity contribution < 1.29 is 4.74 Å². The largest absolute Gasteiger partial charge is 0.494 e. The topological polar surface area (TPSA) is 58.5 Å². The second-order valence-corrected chi connectivity index (χ2v) is 6.39. The summed E-state index contributed by atoms with van der Waals surface area (Å²) in [6, 6.07) is 6.24. The first-order valence-electron chi connectivity index (χ1n) is 8.27. The van der Waals surface area contributed by atoms with Gasteiger partial charge in [-0.2, -0.15) is 0 Å². The number of rotatable bonds is 7. The maximum absolute atomic E-state index is 5.73. The molecule has 2 N–H and O–H groups in total. The lowest BCUT2D eigenvalue weighted by Crippen LogP contribution is -2.36. The molecule has 0 fully saturated rings. The van der Waals surface area contributed by atoms with Gasteiger partial charge in [-0.15, -0.1) is 11.3 Å². The number of nitrogens with one attached hydrogen (secondary N) is 2. The summed E-state index contributed by atoms with van der Waals surface area (Å²) < 4.78 is 5.73. The van der Waals surface area contributed by atoms with Crippen molar-refractivity contribution in [2.75, 3.05) is 13.2 Å². The summed E-state index contributed by atoms with van der Waals surface area (Å²) in [6.45, 7) is 10.9. The van der Waals surface area contributed by atoms with Crippen LogP contribution in [0.15, 0.2) is 28.7 Å². The summed E-state index contributed by atoms with van der Waals surface area (Å²) in [5.41, 5.74) is 5.22. The predicted molar refractivity (Wildman–Crippen MR) is 101 cm³/mol. The molecule has 0 aliphatic heterocycles. The third kappa shape index (κ3) is 5.23. The second-order valence-electron chi connectivity index (χ2n) is 5.45. The van der Waals surface area contributed by atoms with Crippen molar-refractivity contribution in [1.82, 2.24) is 15.6 Å². The van der Waals surface area contributed by atoms with E-state index in [1.807, 2.05) is 19.4 Å². The number of aromatic nitrogens is 1. The van der Waals surface area contributed by atoms with E-state index in [9.17, 15) is 0 Å². The fraction of sp³-hybridized carbons (Fsp3) is 0.444. The molecule has 0 unspecified atom stereocenters. The van der Waals surface area contributed by atoms with Crippen LogP contribution in [0.2, 0.25) is 0 Å². The van der Waals surface area contributed by atoms with Crippen LogP contribution in [0.3, 0.4) is 0 Å². The van der Waals surface area contributed by atoms with Gasteiger partial charge in [0.15, 0.2) is 5.96 Å². The van der Waals surface area contributed by atoms with E-state index in [0.29, 0.717) is 13.2 Å². The third-order valence-corrected chi connectivity index (χ3v) is 4.47. The number of nitrogens with zero attached hydrogens (tertiary/aromatic N) is 2. The molecule has 0 bridgehead atoms. The molecule has 0 spiro atoms. The summed E-state index contributed by atoms with van der Waals surface area (Å²) in [4.78, 5) is 10.2. The Kier molecular flexibility index (Phi) is 7.06. The Hall–Kier alpha value is -2.08. The van der Waals surface area contributed by atoms with E-state index >= 15 is 0 Å². The van der Waals surface area contributed by atoms with Gasteiger partial charge in [-0.3, -0.25) is 0 Å². The third-order valence-electron chi connectivity index (χ3n) is 3.54. The van der Waals surface area contributed by atoms with Crippen LogP contribution in [0.5, 0.6) is 5.75 Å². The average Bonchev–Trinajstić information content (AvgIpc) is 2.97. The van der Waals surface area contributed by atoms with E-state index in [0.717, 1.165) is 36.1 Å². The Balaban J connectivity index is 2.06. The van der Waals surface area contributed by atoms with Crippen molar-refractivity contribution >= 4 is 17.3 Å². The van der Waals surface area contributed by atoms with Gasteiger partial charge < -0.3 is 15.4 Å². The minimum Gasteiger partial charge on any atom is -0.494 e.